The molecule has 4 aliphatic carbocycles. The van der Waals surface area contributed by atoms with Crippen molar-refractivity contribution in [3.63, 3.8) is 0 Å². The fraction of sp³-hybridized carbons (Fsp3) is 0.917. The van der Waals surface area contributed by atoms with Gasteiger partial charge in [0, 0.05) is 7.11 Å². The zero-order chi connectivity index (χ0) is 20.1. The number of nitrogens with zero attached hydrogens (tertiary/aromatic N) is 3. The Morgan fingerprint density at radius 3 is 2.59 bits per heavy atom. The van der Waals surface area contributed by atoms with Crippen LogP contribution in [0.15, 0.2) is 12.4 Å². The van der Waals surface area contributed by atoms with Crippen molar-refractivity contribution in [2.45, 2.75) is 83.3 Å². The van der Waals surface area contributed by atoms with E-state index >= 15 is 0 Å². The lowest BCUT2D eigenvalue weighted by Gasteiger charge is -2.57. The Bertz CT molecular complexity index is 694. The molecule has 0 radical (unpaired) electrons. The van der Waals surface area contributed by atoms with Gasteiger partial charge in [-0.3, -0.25) is 0 Å². The van der Waals surface area contributed by atoms with E-state index < -0.39 is 5.60 Å². The van der Waals surface area contributed by atoms with Crippen molar-refractivity contribution < 1.29 is 9.84 Å². The number of fused-ring (bicyclic) bond motifs is 5. The van der Waals surface area contributed by atoms with Gasteiger partial charge < -0.3 is 9.84 Å². The highest BCUT2D eigenvalue weighted by molar-refractivity contribution is 5.07. The van der Waals surface area contributed by atoms with Crippen LogP contribution in [0.1, 0.15) is 71.1 Å². The fourth-order valence-electron chi connectivity index (χ4n) is 8.58. The second-order valence-corrected chi connectivity index (χ2v) is 11.1. The highest BCUT2D eigenvalue weighted by Gasteiger charge is 2.57. The van der Waals surface area contributed by atoms with Gasteiger partial charge in [0.25, 0.3) is 0 Å². The van der Waals surface area contributed by atoms with Crippen LogP contribution in [0.4, 0.5) is 0 Å². The Morgan fingerprint density at radius 1 is 1.00 bits per heavy atom. The topological polar surface area (TPSA) is 60.2 Å². The van der Waals surface area contributed by atoms with Crippen LogP contribution in [0.5, 0.6) is 0 Å². The van der Waals surface area contributed by atoms with Gasteiger partial charge in [0.1, 0.15) is 0 Å². The first kappa shape index (κ1) is 20.0. The molecular weight excluding hydrogens is 362 g/mol. The van der Waals surface area contributed by atoms with Gasteiger partial charge in [-0.1, -0.05) is 6.92 Å². The molecule has 4 saturated carbocycles. The van der Waals surface area contributed by atoms with Gasteiger partial charge in [0.05, 0.1) is 31.1 Å². The number of hydrogen-bond donors (Lipinski definition) is 1. The van der Waals surface area contributed by atoms with Crippen molar-refractivity contribution in [1.82, 2.24) is 15.0 Å². The molecule has 8 atom stereocenters. The van der Waals surface area contributed by atoms with Crippen LogP contribution >= 0.6 is 0 Å². The Kier molecular flexibility index (Phi) is 5.26. The summed E-state index contributed by atoms with van der Waals surface area (Å²) < 4.78 is 5.34. The van der Waals surface area contributed by atoms with Crippen LogP contribution in [0.3, 0.4) is 0 Å². The molecule has 5 heteroatoms. The molecule has 1 aromatic rings. The lowest BCUT2D eigenvalue weighted by molar-refractivity contribution is -0.124. The fourth-order valence-corrected chi connectivity index (χ4v) is 8.58. The van der Waals surface area contributed by atoms with Crippen LogP contribution < -0.4 is 0 Å². The number of hydrogen-bond acceptors (Lipinski definition) is 4. The SMILES string of the molecule is COC[C@@]1(O)CCC2C(CCC3[C@@H]2CC[C@]2(C)[C@@H](CCn4nccn4)CC[C@@H]32)C1. The van der Waals surface area contributed by atoms with Gasteiger partial charge in [-0.25, -0.2) is 0 Å². The van der Waals surface area contributed by atoms with E-state index in [-0.39, 0.29) is 0 Å². The van der Waals surface area contributed by atoms with E-state index in [0.29, 0.717) is 12.0 Å². The molecule has 0 bridgehead atoms. The van der Waals surface area contributed by atoms with Crippen LogP contribution in [-0.2, 0) is 11.3 Å². The molecule has 162 valence electrons. The molecule has 5 rings (SSSR count). The molecule has 4 fully saturated rings. The Labute approximate surface area is 175 Å². The summed E-state index contributed by atoms with van der Waals surface area (Å²) in [5, 5.41) is 19.6. The maximum Gasteiger partial charge on any atom is 0.0882 e. The van der Waals surface area contributed by atoms with E-state index in [0.717, 1.165) is 54.9 Å². The molecule has 4 aliphatic rings. The highest BCUT2D eigenvalue weighted by Crippen LogP contribution is 2.65. The molecule has 0 amide bonds. The first-order valence-corrected chi connectivity index (χ1v) is 12.1. The van der Waals surface area contributed by atoms with Crippen molar-refractivity contribution in [3.8, 4) is 0 Å². The van der Waals surface area contributed by atoms with E-state index in [9.17, 15) is 5.11 Å². The molecule has 0 aromatic carbocycles. The van der Waals surface area contributed by atoms with Crippen LogP contribution in [0.25, 0.3) is 0 Å². The van der Waals surface area contributed by atoms with E-state index in [2.05, 4.69) is 17.1 Å². The third kappa shape index (κ3) is 3.46. The van der Waals surface area contributed by atoms with Crippen LogP contribution in [0.2, 0.25) is 0 Å². The van der Waals surface area contributed by atoms with Gasteiger partial charge in [-0.15, -0.1) is 0 Å². The first-order valence-electron chi connectivity index (χ1n) is 12.1. The summed E-state index contributed by atoms with van der Waals surface area (Å²) in [6.07, 6.45) is 16.3. The third-order valence-corrected chi connectivity index (χ3v) is 9.86. The molecule has 0 saturated heterocycles. The predicted octanol–water partition coefficient (Wildman–Crippen LogP) is 4.31. The standard InChI is InChI=1S/C24H39N3O2/c1-23-10-7-20-19-8-11-24(28,16-29-2)15-17(19)3-5-21(20)22(23)6-4-18(23)9-14-27-25-12-13-26-27/h12-13,17-22,28H,3-11,14-16H2,1-2H3/t17?,18-,19?,20-,21?,22+,23-,24-/m1/s1. The van der Waals surface area contributed by atoms with Crippen LogP contribution in [0, 0.1) is 40.9 Å². The van der Waals surface area contributed by atoms with Crippen molar-refractivity contribution in [2.75, 3.05) is 13.7 Å². The summed E-state index contributed by atoms with van der Waals surface area (Å²) in [5.74, 6) is 5.15. The predicted molar refractivity (Wildman–Crippen MR) is 112 cm³/mol. The van der Waals surface area contributed by atoms with E-state index in [1.54, 1.807) is 19.5 Å². The second-order valence-electron chi connectivity index (χ2n) is 11.1. The van der Waals surface area contributed by atoms with Gasteiger partial charge in [0.2, 0.25) is 0 Å². The molecule has 0 spiro atoms. The smallest absolute Gasteiger partial charge is 0.0882 e. The second kappa shape index (κ2) is 7.64. The largest absolute Gasteiger partial charge is 0.387 e. The molecule has 0 aliphatic heterocycles. The molecule has 29 heavy (non-hydrogen) atoms. The summed E-state index contributed by atoms with van der Waals surface area (Å²) in [7, 11) is 1.72. The van der Waals surface area contributed by atoms with Gasteiger partial charge >= 0.3 is 0 Å². The Balaban J connectivity index is 1.26. The first-order chi connectivity index (χ1) is 14.0. The third-order valence-electron chi connectivity index (χ3n) is 9.86. The number of ether oxygens (including phenoxy) is 1. The van der Waals surface area contributed by atoms with E-state index in [1.807, 2.05) is 4.80 Å². The van der Waals surface area contributed by atoms with Crippen molar-refractivity contribution >= 4 is 0 Å². The molecule has 1 heterocycles. The average Bonchev–Trinajstić information content (AvgIpc) is 3.33. The minimum Gasteiger partial charge on any atom is -0.387 e. The summed E-state index contributed by atoms with van der Waals surface area (Å²) in [4.78, 5) is 1.87. The Hall–Kier alpha value is -0.940. The number of aliphatic hydroxyl groups is 1. The zero-order valence-corrected chi connectivity index (χ0v) is 18.3. The number of aromatic nitrogens is 3. The Morgan fingerprint density at radius 2 is 1.79 bits per heavy atom. The molecule has 1 N–H and O–H groups in total. The van der Waals surface area contributed by atoms with Crippen molar-refractivity contribution in [3.05, 3.63) is 12.4 Å². The average molecular weight is 402 g/mol. The molecule has 1 aromatic heterocycles. The van der Waals surface area contributed by atoms with Gasteiger partial charge in [-0.05, 0) is 105 Å². The molecule has 3 unspecified atom stereocenters. The summed E-state index contributed by atoms with van der Waals surface area (Å²) in [5.41, 5.74) is -0.0441. The minimum atomic E-state index is -0.565. The summed E-state index contributed by atoms with van der Waals surface area (Å²) in [6, 6.07) is 0. The van der Waals surface area contributed by atoms with Crippen molar-refractivity contribution in [2.24, 2.45) is 40.9 Å². The minimum absolute atomic E-state index is 0.512. The van der Waals surface area contributed by atoms with Crippen LogP contribution in [-0.4, -0.2) is 39.4 Å². The maximum absolute atomic E-state index is 10.9. The van der Waals surface area contributed by atoms with Gasteiger partial charge in [-0.2, -0.15) is 15.0 Å². The van der Waals surface area contributed by atoms with Crippen molar-refractivity contribution in [1.29, 1.82) is 0 Å². The molecule has 5 nitrogen and oxygen atoms in total. The summed E-state index contributed by atoms with van der Waals surface area (Å²) >= 11 is 0. The quantitative estimate of drug-likeness (QED) is 0.798. The number of rotatable bonds is 5. The van der Waals surface area contributed by atoms with E-state index in [4.69, 9.17) is 4.74 Å². The highest BCUT2D eigenvalue weighted by atomic mass is 16.5. The van der Waals surface area contributed by atoms with Gasteiger partial charge in [0.15, 0.2) is 0 Å². The maximum atomic E-state index is 10.9. The number of methoxy groups -OCH3 is 1. The van der Waals surface area contributed by atoms with E-state index in [1.165, 1.54) is 51.4 Å². The lowest BCUT2D eigenvalue weighted by Crippen LogP contribution is -2.51. The lowest BCUT2D eigenvalue weighted by atomic mass is 9.49. The monoisotopic (exact) mass is 401 g/mol. The molecular formula is C24H39N3O2. The summed E-state index contributed by atoms with van der Waals surface area (Å²) in [6.45, 7) is 4.10. The normalized spacial score (nSPS) is 46.7. The number of aryl methyl sites for hydroxylation is 1. The zero-order valence-electron chi connectivity index (χ0n) is 18.3.